The van der Waals surface area contributed by atoms with Crippen LogP contribution in [0.4, 0.5) is 5.69 Å². The third-order valence-corrected chi connectivity index (χ3v) is 4.55. The molecule has 23 heavy (non-hydrogen) atoms. The number of esters is 1. The van der Waals surface area contributed by atoms with Gasteiger partial charge in [-0.05, 0) is 30.5 Å². The van der Waals surface area contributed by atoms with Gasteiger partial charge < -0.3 is 20.5 Å². The third kappa shape index (κ3) is 5.53. The van der Waals surface area contributed by atoms with Crippen LogP contribution < -0.4 is 11.1 Å². The minimum atomic E-state index is -0.430. The molecule has 0 aliphatic carbocycles. The van der Waals surface area contributed by atoms with Gasteiger partial charge in [0.2, 0.25) is 0 Å². The first-order chi connectivity index (χ1) is 11.1. The van der Waals surface area contributed by atoms with Gasteiger partial charge in [-0.1, -0.05) is 12.1 Å². The summed E-state index contributed by atoms with van der Waals surface area (Å²) in [6.07, 6.45) is 1.06. The summed E-state index contributed by atoms with van der Waals surface area (Å²) in [5.74, 6) is 0.602. The topological polar surface area (TPSA) is 90.7 Å². The van der Waals surface area contributed by atoms with Crippen molar-refractivity contribution in [3.05, 3.63) is 29.8 Å². The Balaban J connectivity index is 1.84. The Morgan fingerprint density at radius 2 is 2.26 bits per heavy atom. The van der Waals surface area contributed by atoms with Crippen molar-refractivity contribution in [3.8, 4) is 0 Å². The summed E-state index contributed by atoms with van der Waals surface area (Å²) >= 11 is 1.47. The summed E-state index contributed by atoms with van der Waals surface area (Å²) in [6.45, 7) is 0.441. The highest BCUT2D eigenvalue weighted by Crippen LogP contribution is 2.21. The van der Waals surface area contributed by atoms with E-state index >= 15 is 0 Å². The van der Waals surface area contributed by atoms with Gasteiger partial charge in [0, 0.05) is 18.0 Å². The molecule has 0 saturated carbocycles. The van der Waals surface area contributed by atoms with Gasteiger partial charge >= 0.3 is 5.97 Å². The van der Waals surface area contributed by atoms with Crippen molar-refractivity contribution in [2.45, 2.75) is 30.8 Å². The van der Waals surface area contributed by atoms with Crippen LogP contribution in [-0.4, -0.2) is 43.5 Å². The molecule has 0 radical (unpaired) electrons. The van der Waals surface area contributed by atoms with Crippen molar-refractivity contribution in [1.82, 2.24) is 0 Å². The molecule has 2 rings (SSSR count). The summed E-state index contributed by atoms with van der Waals surface area (Å²) < 4.78 is 10.2. The Morgan fingerprint density at radius 1 is 1.43 bits per heavy atom. The van der Waals surface area contributed by atoms with Crippen LogP contribution in [0.2, 0.25) is 0 Å². The molecular weight excluding hydrogens is 316 g/mol. The van der Waals surface area contributed by atoms with Crippen LogP contribution in [0.25, 0.3) is 0 Å². The third-order valence-electron chi connectivity index (χ3n) is 3.57. The van der Waals surface area contributed by atoms with Crippen molar-refractivity contribution in [1.29, 1.82) is 0 Å². The number of hydrogen-bond donors (Lipinski definition) is 2. The number of carbonyl (C=O) groups is 2. The highest BCUT2D eigenvalue weighted by Gasteiger charge is 2.29. The van der Waals surface area contributed by atoms with E-state index in [0.717, 1.165) is 17.7 Å². The number of nitrogens with one attached hydrogen (secondary N) is 1. The van der Waals surface area contributed by atoms with E-state index in [9.17, 15) is 9.59 Å². The Kier molecular flexibility index (Phi) is 6.88. The number of amides is 1. The number of carbonyl (C=O) groups excluding carboxylic acids is 2. The molecule has 126 valence electrons. The summed E-state index contributed by atoms with van der Waals surface area (Å²) in [4.78, 5) is 23.3. The van der Waals surface area contributed by atoms with E-state index in [1.54, 1.807) is 0 Å². The van der Waals surface area contributed by atoms with Crippen LogP contribution in [0.3, 0.4) is 0 Å². The van der Waals surface area contributed by atoms with Crippen LogP contribution in [0, 0.1) is 0 Å². The van der Waals surface area contributed by atoms with Crippen LogP contribution in [0.1, 0.15) is 18.4 Å². The lowest BCUT2D eigenvalue weighted by molar-refractivity contribution is -0.137. The maximum absolute atomic E-state index is 12.2. The molecule has 0 bridgehead atoms. The lowest BCUT2D eigenvalue weighted by Crippen LogP contribution is -2.29. The zero-order chi connectivity index (χ0) is 16.7. The molecule has 1 aliphatic heterocycles. The van der Waals surface area contributed by atoms with Crippen molar-refractivity contribution in [3.63, 3.8) is 0 Å². The summed E-state index contributed by atoms with van der Waals surface area (Å²) in [7, 11) is 1.37. The molecule has 0 spiro atoms. The number of ether oxygens (including phenoxy) is 2. The van der Waals surface area contributed by atoms with E-state index in [0.29, 0.717) is 24.5 Å². The van der Waals surface area contributed by atoms with Gasteiger partial charge in [-0.3, -0.25) is 9.59 Å². The predicted molar refractivity (Wildman–Crippen MR) is 90.2 cm³/mol. The fourth-order valence-electron chi connectivity index (χ4n) is 2.34. The second kappa shape index (κ2) is 8.90. The minimum absolute atomic E-state index is 0.0215. The predicted octanol–water partition coefficient (Wildman–Crippen LogP) is 1.54. The molecule has 1 saturated heterocycles. The SMILES string of the molecule is COC(=O)CSCc1cccc(NC(=O)[C@@H]2CC[C@H](CN)O2)c1. The van der Waals surface area contributed by atoms with Crippen molar-refractivity contribution in [2.24, 2.45) is 5.73 Å². The maximum atomic E-state index is 12.2. The van der Waals surface area contributed by atoms with Gasteiger partial charge in [-0.15, -0.1) is 11.8 Å². The molecule has 1 aliphatic rings. The molecule has 0 aromatic heterocycles. The largest absolute Gasteiger partial charge is 0.468 e. The summed E-state index contributed by atoms with van der Waals surface area (Å²) in [6, 6.07) is 7.57. The number of anilines is 1. The molecule has 1 heterocycles. The minimum Gasteiger partial charge on any atom is -0.468 e. The van der Waals surface area contributed by atoms with Gasteiger partial charge in [0.1, 0.15) is 6.10 Å². The highest BCUT2D eigenvalue weighted by atomic mass is 32.2. The first-order valence-corrected chi connectivity index (χ1v) is 8.67. The number of nitrogens with two attached hydrogens (primary N) is 1. The lowest BCUT2D eigenvalue weighted by Gasteiger charge is -2.13. The van der Waals surface area contributed by atoms with Crippen LogP contribution in [0.5, 0.6) is 0 Å². The van der Waals surface area contributed by atoms with Crippen molar-refractivity contribution >= 4 is 29.3 Å². The Bertz CT molecular complexity index is 553. The fourth-order valence-corrected chi connectivity index (χ4v) is 3.15. The Labute approximate surface area is 140 Å². The Morgan fingerprint density at radius 3 is 2.96 bits per heavy atom. The first kappa shape index (κ1) is 17.8. The standard InChI is InChI=1S/C16H22N2O4S/c1-21-15(19)10-23-9-11-3-2-4-12(7-11)18-16(20)14-6-5-13(8-17)22-14/h2-4,7,13-14H,5-6,8-10,17H2,1H3,(H,18,20)/t13-,14+/m1/s1. The first-order valence-electron chi connectivity index (χ1n) is 7.52. The van der Waals surface area contributed by atoms with E-state index in [-0.39, 0.29) is 18.0 Å². The zero-order valence-electron chi connectivity index (χ0n) is 13.1. The zero-order valence-corrected chi connectivity index (χ0v) is 13.9. The highest BCUT2D eigenvalue weighted by molar-refractivity contribution is 7.99. The van der Waals surface area contributed by atoms with Gasteiger partial charge in [0.15, 0.2) is 0 Å². The average molecular weight is 338 g/mol. The number of benzene rings is 1. The van der Waals surface area contributed by atoms with Crippen molar-refractivity contribution < 1.29 is 19.1 Å². The smallest absolute Gasteiger partial charge is 0.315 e. The molecule has 1 amide bonds. The molecular formula is C16H22N2O4S. The van der Waals surface area contributed by atoms with E-state index in [4.69, 9.17) is 10.5 Å². The normalized spacial score (nSPS) is 20.3. The van der Waals surface area contributed by atoms with Crippen LogP contribution in [-0.2, 0) is 24.8 Å². The Hall–Kier alpha value is -1.57. The second-order valence-electron chi connectivity index (χ2n) is 5.32. The van der Waals surface area contributed by atoms with Gasteiger partial charge in [0.05, 0.1) is 19.0 Å². The summed E-state index contributed by atoms with van der Waals surface area (Å²) in [5.41, 5.74) is 7.31. The number of hydrogen-bond acceptors (Lipinski definition) is 6. The second-order valence-corrected chi connectivity index (χ2v) is 6.30. The van der Waals surface area contributed by atoms with Gasteiger partial charge in [-0.25, -0.2) is 0 Å². The molecule has 1 fully saturated rings. The average Bonchev–Trinajstić information content (AvgIpc) is 3.04. The van der Waals surface area contributed by atoms with Crippen LogP contribution >= 0.6 is 11.8 Å². The molecule has 6 nitrogen and oxygen atoms in total. The van der Waals surface area contributed by atoms with Gasteiger partial charge in [-0.2, -0.15) is 0 Å². The molecule has 2 atom stereocenters. The van der Waals surface area contributed by atoms with E-state index < -0.39 is 6.10 Å². The monoisotopic (exact) mass is 338 g/mol. The number of thioether (sulfide) groups is 1. The van der Waals surface area contributed by atoms with Gasteiger partial charge in [0.25, 0.3) is 5.91 Å². The lowest BCUT2D eigenvalue weighted by atomic mass is 10.1. The van der Waals surface area contributed by atoms with E-state index in [1.165, 1.54) is 18.9 Å². The number of methoxy groups -OCH3 is 1. The molecule has 1 aromatic rings. The maximum Gasteiger partial charge on any atom is 0.315 e. The number of rotatable bonds is 7. The molecule has 0 unspecified atom stereocenters. The molecule has 1 aromatic carbocycles. The molecule has 7 heteroatoms. The van der Waals surface area contributed by atoms with E-state index in [1.807, 2.05) is 24.3 Å². The fraction of sp³-hybridized carbons (Fsp3) is 0.500. The summed E-state index contributed by atoms with van der Waals surface area (Å²) in [5, 5.41) is 2.87. The van der Waals surface area contributed by atoms with Crippen molar-refractivity contribution in [2.75, 3.05) is 24.7 Å². The quantitative estimate of drug-likeness (QED) is 0.733. The molecule has 3 N–H and O–H groups in total. The van der Waals surface area contributed by atoms with E-state index in [2.05, 4.69) is 10.1 Å². The van der Waals surface area contributed by atoms with Crippen LogP contribution in [0.15, 0.2) is 24.3 Å².